The van der Waals surface area contributed by atoms with Gasteiger partial charge in [-0.3, -0.25) is 4.84 Å². The summed E-state index contributed by atoms with van der Waals surface area (Å²) in [6, 6.07) is 21.3. The van der Waals surface area contributed by atoms with E-state index in [2.05, 4.69) is 48.5 Å². The maximum atomic E-state index is 12.8. The number of unbranched alkanes of at least 4 members (excludes halogenated alkanes) is 1. The van der Waals surface area contributed by atoms with E-state index in [1.54, 1.807) is 0 Å². The third-order valence-electron chi connectivity index (χ3n) is 5.58. The fourth-order valence-electron chi connectivity index (χ4n) is 3.40. The normalized spacial score (nSPS) is 11.7. The first kappa shape index (κ1) is 25.6. The molecule has 0 aromatic heterocycles. The Morgan fingerprint density at radius 2 is 1.24 bits per heavy atom. The van der Waals surface area contributed by atoms with Crippen molar-refractivity contribution in [3.8, 4) is 11.8 Å². The molecule has 0 heterocycles. The first-order valence-electron chi connectivity index (χ1n) is 11.4. The zero-order chi connectivity index (χ0) is 24.6. The molecule has 0 spiro atoms. The van der Waals surface area contributed by atoms with Crippen LogP contribution in [-0.2, 0) is 29.6 Å². The van der Waals surface area contributed by atoms with Gasteiger partial charge in [0.2, 0.25) is 0 Å². The van der Waals surface area contributed by atoms with Gasteiger partial charge in [0.05, 0.1) is 17.7 Å². The smallest absolute Gasteiger partial charge is 0.296 e. The van der Waals surface area contributed by atoms with E-state index in [4.69, 9.17) is 4.84 Å². The van der Waals surface area contributed by atoms with Crippen LogP contribution in [0.4, 0.5) is 13.2 Å². The van der Waals surface area contributed by atoms with Gasteiger partial charge >= 0.3 is 6.18 Å². The second kappa shape index (κ2) is 11.4. The molecule has 0 amide bonds. The molecule has 0 fully saturated rings. The summed E-state index contributed by atoms with van der Waals surface area (Å²) in [4.78, 5) is 5.64. The highest BCUT2D eigenvalue weighted by molar-refractivity contribution is 5.44. The summed E-state index contributed by atoms with van der Waals surface area (Å²) in [6.07, 6.45) is -0.856. The highest BCUT2D eigenvalue weighted by Gasteiger charge is 2.31. The fourth-order valence-corrected chi connectivity index (χ4v) is 3.40. The Hall–Kier alpha value is -3.07. The molecule has 3 aromatic rings. The molecule has 0 aliphatic rings. The van der Waals surface area contributed by atoms with Crippen LogP contribution < -0.4 is 5.48 Å². The standard InChI is InChI=1S/C29H30F3NO/c1-4-5-6-22-7-9-23(10-8-22)11-12-24-13-15-25(16-14-24)21-34-33-28(2,3)26-17-19-27(20-18-26)29(30,31)32/h7-10,13-20,33H,4-6,21H2,1-3H3. The molecule has 0 atom stereocenters. The fraction of sp³-hybridized carbons (Fsp3) is 0.310. The Morgan fingerprint density at radius 3 is 1.74 bits per heavy atom. The van der Waals surface area contributed by atoms with Crippen molar-refractivity contribution in [1.29, 1.82) is 0 Å². The van der Waals surface area contributed by atoms with Gasteiger partial charge in [-0.2, -0.15) is 18.7 Å². The summed E-state index contributed by atoms with van der Waals surface area (Å²) in [5, 5.41) is 0. The summed E-state index contributed by atoms with van der Waals surface area (Å²) >= 11 is 0. The maximum Gasteiger partial charge on any atom is 0.416 e. The minimum Gasteiger partial charge on any atom is -0.296 e. The summed E-state index contributed by atoms with van der Waals surface area (Å²) < 4.78 is 38.3. The average Bonchev–Trinajstić information content (AvgIpc) is 2.82. The van der Waals surface area contributed by atoms with Gasteiger partial charge in [-0.15, -0.1) is 0 Å². The topological polar surface area (TPSA) is 21.3 Å². The largest absolute Gasteiger partial charge is 0.416 e. The van der Waals surface area contributed by atoms with E-state index >= 15 is 0 Å². The molecule has 0 radical (unpaired) electrons. The average molecular weight is 466 g/mol. The third kappa shape index (κ3) is 7.48. The van der Waals surface area contributed by atoms with Crippen LogP contribution >= 0.6 is 0 Å². The van der Waals surface area contributed by atoms with Crippen molar-refractivity contribution in [2.45, 2.75) is 58.4 Å². The quantitative estimate of drug-likeness (QED) is 0.276. The first-order chi connectivity index (χ1) is 16.2. The van der Waals surface area contributed by atoms with Gasteiger partial charge in [0.1, 0.15) is 0 Å². The summed E-state index contributed by atoms with van der Waals surface area (Å²) in [5.41, 5.74) is 6.53. The van der Waals surface area contributed by atoms with E-state index in [1.165, 1.54) is 30.5 Å². The number of benzene rings is 3. The van der Waals surface area contributed by atoms with Gasteiger partial charge in [-0.25, -0.2) is 0 Å². The first-order valence-corrected chi connectivity index (χ1v) is 11.4. The molecule has 0 aliphatic heterocycles. The molecular formula is C29H30F3NO. The highest BCUT2D eigenvalue weighted by atomic mass is 19.4. The monoisotopic (exact) mass is 465 g/mol. The summed E-state index contributed by atoms with van der Waals surface area (Å²) in [6.45, 7) is 6.21. The van der Waals surface area contributed by atoms with Crippen LogP contribution in [0.2, 0.25) is 0 Å². The molecule has 5 heteroatoms. The van der Waals surface area contributed by atoms with Crippen molar-refractivity contribution in [2.24, 2.45) is 0 Å². The van der Waals surface area contributed by atoms with Crippen molar-refractivity contribution in [2.75, 3.05) is 0 Å². The van der Waals surface area contributed by atoms with Crippen LogP contribution in [0.3, 0.4) is 0 Å². The molecular weight excluding hydrogens is 435 g/mol. The Bertz CT molecular complexity index is 1100. The molecule has 0 bridgehead atoms. The lowest BCUT2D eigenvalue weighted by molar-refractivity contribution is -0.137. The molecule has 0 saturated heterocycles. The highest BCUT2D eigenvalue weighted by Crippen LogP contribution is 2.31. The predicted octanol–water partition coefficient (Wildman–Crippen LogP) is 7.40. The van der Waals surface area contributed by atoms with E-state index in [0.29, 0.717) is 12.2 Å². The molecule has 0 unspecified atom stereocenters. The van der Waals surface area contributed by atoms with E-state index in [1.807, 2.05) is 38.1 Å². The lowest BCUT2D eigenvalue weighted by Gasteiger charge is -2.26. The Labute approximate surface area is 200 Å². The van der Waals surface area contributed by atoms with Gasteiger partial charge in [0, 0.05) is 11.1 Å². The second-order valence-corrected chi connectivity index (χ2v) is 8.84. The van der Waals surface area contributed by atoms with Crippen molar-refractivity contribution < 1.29 is 18.0 Å². The summed E-state index contributed by atoms with van der Waals surface area (Å²) in [5.74, 6) is 6.38. The van der Waals surface area contributed by atoms with E-state index in [0.717, 1.165) is 35.2 Å². The van der Waals surface area contributed by atoms with E-state index in [-0.39, 0.29) is 0 Å². The van der Waals surface area contributed by atoms with Crippen LogP contribution in [0.1, 0.15) is 67.0 Å². The zero-order valence-electron chi connectivity index (χ0n) is 19.8. The minimum absolute atomic E-state index is 0.316. The molecule has 178 valence electrons. The van der Waals surface area contributed by atoms with Gasteiger partial charge in [0.15, 0.2) is 0 Å². The number of rotatable bonds is 8. The van der Waals surface area contributed by atoms with Crippen LogP contribution in [0.15, 0.2) is 72.8 Å². The van der Waals surface area contributed by atoms with Crippen LogP contribution in [0, 0.1) is 11.8 Å². The van der Waals surface area contributed by atoms with Gasteiger partial charge in [-0.1, -0.05) is 61.6 Å². The third-order valence-corrected chi connectivity index (χ3v) is 5.58. The summed E-state index contributed by atoms with van der Waals surface area (Å²) in [7, 11) is 0. The number of hydrogen-bond acceptors (Lipinski definition) is 2. The molecule has 3 rings (SSSR count). The van der Waals surface area contributed by atoms with Crippen LogP contribution in [-0.4, -0.2) is 0 Å². The number of hydrogen-bond donors (Lipinski definition) is 1. The number of nitrogens with one attached hydrogen (secondary N) is 1. The number of halogens is 3. The molecule has 0 aliphatic carbocycles. The van der Waals surface area contributed by atoms with Crippen molar-refractivity contribution in [1.82, 2.24) is 5.48 Å². The van der Waals surface area contributed by atoms with Crippen molar-refractivity contribution in [3.63, 3.8) is 0 Å². The van der Waals surface area contributed by atoms with E-state index in [9.17, 15) is 13.2 Å². The van der Waals surface area contributed by atoms with E-state index < -0.39 is 17.3 Å². The van der Waals surface area contributed by atoms with Crippen molar-refractivity contribution in [3.05, 3.63) is 106 Å². The van der Waals surface area contributed by atoms with Crippen LogP contribution in [0.5, 0.6) is 0 Å². The molecule has 2 nitrogen and oxygen atoms in total. The molecule has 1 N–H and O–H groups in total. The lowest BCUT2D eigenvalue weighted by Crippen LogP contribution is -2.36. The maximum absolute atomic E-state index is 12.8. The van der Waals surface area contributed by atoms with Gasteiger partial charge in [-0.05, 0) is 79.8 Å². The minimum atomic E-state index is -4.35. The van der Waals surface area contributed by atoms with Gasteiger partial charge in [0.25, 0.3) is 0 Å². The number of aryl methyl sites for hydroxylation is 1. The Morgan fingerprint density at radius 1 is 0.735 bits per heavy atom. The molecule has 34 heavy (non-hydrogen) atoms. The van der Waals surface area contributed by atoms with Crippen molar-refractivity contribution >= 4 is 0 Å². The SMILES string of the molecule is CCCCc1ccc(C#Cc2ccc(CONC(C)(C)c3ccc(C(F)(F)F)cc3)cc2)cc1. The van der Waals surface area contributed by atoms with Crippen LogP contribution in [0.25, 0.3) is 0 Å². The zero-order valence-corrected chi connectivity index (χ0v) is 19.8. The number of alkyl halides is 3. The van der Waals surface area contributed by atoms with Gasteiger partial charge < -0.3 is 0 Å². The lowest BCUT2D eigenvalue weighted by atomic mass is 9.94. The molecule has 3 aromatic carbocycles. The Kier molecular flexibility index (Phi) is 8.55. The second-order valence-electron chi connectivity index (χ2n) is 8.84. The molecule has 0 saturated carbocycles. The number of hydroxylamine groups is 1. The Balaban J connectivity index is 1.52. The predicted molar refractivity (Wildman–Crippen MR) is 130 cm³/mol.